The summed E-state index contributed by atoms with van der Waals surface area (Å²) in [6, 6.07) is 0. The topological polar surface area (TPSA) is 43.8 Å². The van der Waals surface area contributed by atoms with Crippen molar-refractivity contribution in [3.05, 3.63) is 17.5 Å². The summed E-state index contributed by atoms with van der Waals surface area (Å²) in [6.07, 6.45) is 5.99. The van der Waals surface area contributed by atoms with Crippen LogP contribution in [0.5, 0.6) is 0 Å². The third-order valence-corrected chi connectivity index (χ3v) is 2.22. The minimum atomic E-state index is 0.759. The van der Waals surface area contributed by atoms with Gasteiger partial charge in [0, 0.05) is 19.7 Å². The summed E-state index contributed by atoms with van der Waals surface area (Å²) in [5.41, 5.74) is 7.56. The van der Waals surface area contributed by atoms with Gasteiger partial charge in [-0.05, 0) is 25.8 Å². The molecule has 1 aromatic heterocycles. The van der Waals surface area contributed by atoms with Gasteiger partial charge in [0.2, 0.25) is 0 Å². The minimum absolute atomic E-state index is 0.759. The Morgan fingerprint density at radius 1 is 1.47 bits per heavy atom. The summed E-state index contributed by atoms with van der Waals surface area (Å²) >= 11 is 0. The van der Waals surface area contributed by atoms with E-state index in [0.717, 1.165) is 43.5 Å². The fourth-order valence-electron chi connectivity index (χ4n) is 1.42. The van der Waals surface area contributed by atoms with Gasteiger partial charge in [-0.3, -0.25) is 4.68 Å². The minimum Gasteiger partial charge on any atom is -0.330 e. The van der Waals surface area contributed by atoms with Gasteiger partial charge in [0.1, 0.15) is 0 Å². The molecule has 1 heterocycles. The highest BCUT2D eigenvalue weighted by Gasteiger charge is 2.01. The van der Waals surface area contributed by atoms with Crippen molar-refractivity contribution in [2.24, 2.45) is 12.8 Å². The van der Waals surface area contributed by atoms with Crippen molar-refractivity contribution in [2.45, 2.75) is 32.6 Å². The quantitative estimate of drug-likeness (QED) is 0.597. The average Bonchev–Trinajstić information content (AvgIpc) is 2.59. The van der Waals surface area contributed by atoms with Crippen LogP contribution in [0.25, 0.3) is 0 Å². The molecule has 0 aliphatic carbocycles. The summed E-state index contributed by atoms with van der Waals surface area (Å²) in [5, 5.41) is 4.34. The highest BCUT2D eigenvalue weighted by Crippen LogP contribution is 2.05. The molecule has 0 saturated carbocycles. The zero-order valence-corrected chi connectivity index (χ0v) is 9.58. The Bertz CT molecular complexity index is 355. The molecule has 0 unspecified atom stereocenters. The van der Waals surface area contributed by atoms with Crippen molar-refractivity contribution >= 4 is 0 Å². The van der Waals surface area contributed by atoms with Crippen LogP contribution < -0.4 is 5.73 Å². The molecule has 3 nitrogen and oxygen atoms in total. The van der Waals surface area contributed by atoms with Crippen LogP contribution in [0.4, 0.5) is 0 Å². The Morgan fingerprint density at radius 2 is 2.27 bits per heavy atom. The van der Waals surface area contributed by atoms with E-state index in [2.05, 4.69) is 23.9 Å². The number of nitrogens with zero attached hydrogens (tertiary/aromatic N) is 2. The molecule has 0 aliphatic heterocycles. The monoisotopic (exact) mass is 205 g/mol. The van der Waals surface area contributed by atoms with Gasteiger partial charge in [-0.15, -0.1) is 0 Å². The Morgan fingerprint density at radius 3 is 2.93 bits per heavy atom. The van der Waals surface area contributed by atoms with Gasteiger partial charge in [0.05, 0.1) is 11.3 Å². The summed E-state index contributed by atoms with van der Waals surface area (Å²) in [4.78, 5) is 0. The lowest BCUT2D eigenvalue weighted by molar-refractivity contribution is 0.746. The molecule has 1 aromatic rings. The molecule has 0 aromatic carbocycles. The number of aryl methyl sites for hydroxylation is 2. The smallest absolute Gasteiger partial charge is 0.0778 e. The molecule has 15 heavy (non-hydrogen) atoms. The second-order valence-corrected chi connectivity index (χ2v) is 3.56. The maximum Gasteiger partial charge on any atom is 0.0778 e. The SMILES string of the molecule is CCc1nn(C)cc1C#CCCCCN. The molecule has 82 valence electrons. The van der Waals surface area contributed by atoms with E-state index in [4.69, 9.17) is 5.73 Å². The van der Waals surface area contributed by atoms with E-state index >= 15 is 0 Å². The molecule has 0 aliphatic rings. The number of nitrogens with two attached hydrogens (primary N) is 1. The molecule has 0 atom stereocenters. The van der Waals surface area contributed by atoms with Crippen LogP contribution >= 0.6 is 0 Å². The van der Waals surface area contributed by atoms with Gasteiger partial charge in [-0.25, -0.2) is 0 Å². The maximum absolute atomic E-state index is 5.41. The van der Waals surface area contributed by atoms with Crippen molar-refractivity contribution < 1.29 is 0 Å². The van der Waals surface area contributed by atoms with Crippen molar-refractivity contribution in [2.75, 3.05) is 6.54 Å². The molecule has 0 amide bonds. The first-order valence-corrected chi connectivity index (χ1v) is 5.49. The molecule has 1 rings (SSSR count). The number of hydrogen-bond acceptors (Lipinski definition) is 2. The third kappa shape index (κ3) is 3.77. The Balaban J connectivity index is 2.54. The van der Waals surface area contributed by atoms with Gasteiger partial charge in [0.15, 0.2) is 0 Å². The lowest BCUT2D eigenvalue weighted by atomic mass is 10.2. The van der Waals surface area contributed by atoms with E-state index in [1.807, 2.05) is 17.9 Å². The van der Waals surface area contributed by atoms with E-state index in [1.54, 1.807) is 0 Å². The fraction of sp³-hybridized carbons (Fsp3) is 0.583. The molecule has 0 radical (unpaired) electrons. The third-order valence-electron chi connectivity index (χ3n) is 2.22. The average molecular weight is 205 g/mol. The van der Waals surface area contributed by atoms with Gasteiger partial charge < -0.3 is 5.73 Å². The fourth-order valence-corrected chi connectivity index (χ4v) is 1.42. The van der Waals surface area contributed by atoms with Crippen LogP contribution in [-0.4, -0.2) is 16.3 Å². The lowest BCUT2D eigenvalue weighted by Crippen LogP contribution is -1.96. The van der Waals surface area contributed by atoms with Crippen molar-refractivity contribution in [1.82, 2.24) is 9.78 Å². The van der Waals surface area contributed by atoms with E-state index in [1.165, 1.54) is 0 Å². The van der Waals surface area contributed by atoms with Crippen LogP contribution in [0.15, 0.2) is 6.20 Å². The zero-order valence-electron chi connectivity index (χ0n) is 9.58. The summed E-state index contributed by atoms with van der Waals surface area (Å²) in [5.74, 6) is 6.34. The summed E-state index contributed by atoms with van der Waals surface area (Å²) < 4.78 is 1.82. The second kappa shape index (κ2) is 6.26. The molecular formula is C12H19N3. The van der Waals surface area contributed by atoms with Gasteiger partial charge in [-0.2, -0.15) is 5.10 Å². The van der Waals surface area contributed by atoms with E-state index in [-0.39, 0.29) is 0 Å². The maximum atomic E-state index is 5.41. The zero-order chi connectivity index (χ0) is 11.1. The molecule has 2 N–H and O–H groups in total. The van der Waals surface area contributed by atoms with E-state index in [0.29, 0.717) is 0 Å². The predicted molar refractivity (Wildman–Crippen MR) is 62.4 cm³/mol. The first-order valence-electron chi connectivity index (χ1n) is 5.49. The number of hydrogen-bond donors (Lipinski definition) is 1. The molecule has 3 heteroatoms. The van der Waals surface area contributed by atoms with Crippen molar-refractivity contribution in [1.29, 1.82) is 0 Å². The Labute approximate surface area is 91.7 Å². The lowest BCUT2D eigenvalue weighted by Gasteiger charge is -1.89. The molecule has 0 saturated heterocycles. The Kier molecular flexibility index (Phi) is 4.92. The number of rotatable bonds is 4. The molecule has 0 fully saturated rings. The van der Waals surface area contributed by atoms with Crippen molar-refractivity contribution in [3.8, 4) is 11.8 Å². The first kappa shape index (κ1) is 11.8. The number of unbranched alkanes of at least 4 members (excludes halogenated alkanes) is 2. The highest BCUT2D eigenvalue weighted by atomic mass is 15.2. The van der Waals surface area contributed by atoms with Gasteiger partial charge >= 0.3 is 0 Å². The number of aromatic nitrogens is 2. The standard InChI is InChI=1S/C12H19N3/c1-3-12-11(10-15(2)14-12)8-6-4-5-7-9-13/h10H,3-5,7,9,13H2,1-2H3. The van der Waals surface area contributed by atoms with Crippen LogP contribution in [-0.2, 0) is 13.5 Å². The van der Waals surface area contributed by atoms with Crippen LogP contribution in [0.2, 0.25) is 0 Å². The van der Waals surface area contributed by atoms with Gasteiger partial charge in [0.25, 0.3) is 0 Å². The van der Waals surface area contributed by atoms with Gasteiger partial charge in [-0.1, -0.05) is 18.8 Å². The summed E-state index contributed by atoms with van der Waals surface area (Å²) in [6.45, 7) is 2.86. The highest BCUT2D eigenvalue weighted by molar-refractivity contribution is 5.36. The van der Waals surface area contributed by atoms with Crippen LogP contribution in [0.3, 0.4) is 0 Å². The van der Waals surface area contributed by atoms with E-state index in [9.17, 15) is 0 Å². The van der Waals surface area contributed by atoms with E-state index < -0.39 is 0 Å². The largest absolute Gasteiger partial charge is 0.330 e. The van der Waals surface area contributed by atoms with Crippen molar-refractivity contribution in [3.63, 3.8) is 0 Å². The van der Waals surface area contributed by atoms with Crippen LogP contribution in [0.1, 0.15) is 37.4 Å². The summed E-state index contributed by atoms with van der Waals surface area (Å²) in [7, 11) is 1.93. The molecular weight excluding hydrogens is 186 g/mol. The Hall–Kier alpha value is -1.27. The van der Waals surface area contributed by atoms with Crippen LogP contribution in [0, 0.1) is 11.8 Å². The predicted octanol–water partition coefficient (Wildman–Crippen LogP) is 1.46. The first-order chi connectivity index (χ1) is 7.27. The normalized spacial score (nSPS) is 9.80. The second-order valence-electron chi connectivity index (χ2n) is 3.56. The molecule has 0 spiro atoms. The molecule has 0 bridgehead atoms.